The second-order valence-electron chi connectivity index (χ2n) is 10.9. The van der Waals surface area contributed by atoms with Crippen molar-refractivity contribution in [1.29, 1.82) is 0 Å². The molecule has 0 saturated carbocycles. The van der Waals surface area contributed by atoms with Gasteiger partial charge in [0.1, 0.15) is 16.8 Å². The lowest BCUT2D eigenvalue weighted by Crippen LogP contribution is -2.48. The van der Waals surface area contributed by atoms with Gasteiger partial charge in [0.15, 0.2) is 0 Å². The summed E-state index contributed by atoms with van der Waals surface area (Å²) < 4.78 is 16.4. The highest BCUT2D eigenvalue weighted by molar-refractivity contribution is 5.70. The minimum Gasteiger partial charge on any atom is -0.444 e. The molecule has 0 aromatic carbocycles. The van der Waals surface area contributed by atoms with E-state index in [4.69, 9.17) is 14.2 Å². The van der Waals surface area contributed by atoms with Crippen LogP contribution in [0.5, 0.6) is 0 Å². The van der Waals surface area contributed by atoms with Gasteiger partial charge in [-0.05, 0) is 69.4 Å². The van der Waals surface area contributed by atoms with Crippen LogP contribution in [0.4, 0.5) is 14.4 Å². The van der Waals surface area contributed by atoms with Crippen molar-refractivity contribution in [3.63, 3.8) is 0 Å². The third-order valence-electron chi connectivity index (χ3n) is 3.99. The first kappa shape index (κ1) is 30.8. The summed E-state index contributed by atoms with van der Waals surface area (Å²) in [5, 5.41) is 3.02. The Kier molecular flexibility index (Phi) is 12.0. The van der Waals surface area contributed by atoms with Crippen molar-refractivity contribution in [2.45, 2.75) is 79.1 Å². The third-order valence-corrected chi connectivity index (χ3v) is 3.99. The van der Waals surface area contributed by atoms with E-state index in [0.29, 0.717) is 13.1 Å². The summed E-state index contributed by atoms with van der Waals surface area (Å²) in [6.07, 6.45) is -1.44. The molecule has 10 nitrogen and oxygen atoms in total. The molecule has 0 aliphatic carbocycles. The van der Waals surface area contributed by atoms with Gasteiger partial charge in [0, 0.05) is 46.3 Å². The van der Waals surface area contributed by atoms with Gasteiger partial charge in [-0.25, -0.2) is 14.4 Å². The first-order valence-electron chi connectivity index (χ1n) is 11.4. The van der Waals surface area contributed by atoms with Crippen LogP contribution in [0.2, 0.25) is 0 Å². The number of likely N-dealkylation sites (N-methyl/N-ethyl adjacent to an activating group) is 2. The van der Waals surface area contributed by atoms with Gasteiger partial charge in [-0.3, -0.25) is 0 Å². The molecule has 194 valence electrons. The Balaban J connectivity index is 5.32. The number of rotatable bonds is 9. The van der Waals surface area contributed by atoms with E-state index in [-0.39, 0.29) is 26.2 Å². The van der Waals surface area contributed by atoms with Crippen molar-refractivity contribution >= 4 is 18.3 Å². The number of hydrogen-bond donors (Lipinski definition) is 1. The first-order chi connectivity index (χ1) is 14.8. The predicted molar refractivity (Wildman–Crippen MR) is 128 cm³/mol. The van der Waals surface area contributed by atoms with E-state index in [1.165, 1.54) is 9.80 Å². The van der Waals surface area contributed by atoms with Crippen LogP contribution in [0, 0.1) is 0 Å². The summed E-state index contributed by atoms with van der Waals surface area (Å²) in [4.78, 5) is 42.2. The molecule has 0 saturated heterocycles. The van der Waals surface area contributed by atoms with E-state index < -0.39 is 35.1 Å². The topological polar surface area (TPSA) is 101 Å². The summed E-state index contributed by atoms with van der Waals surface area (Å²) >= 11 is 0. The normalized spacial score (nSPS) is 12.1. The van der Waals surface area contributed by atoms with Crippen molar-refractivity contribution < 1.29 is 28.6 Å². The van der Waals surface area contributed by atoms with Crippen LogP contribution in [0.1, 0.15) is 62.3 Å². The molecule has 0 spiro atoms. The SMILES string of the molecule is CNCCN(CCN(CCN(C)C(=O)OC(C)(C)C)C(=O)OC(C)(C)C)C(=O)OC(C)(C)C. The minimum absolute atomic E-state index is 0.221. The zero-order valence-electron chi connectivity index (χ0n) is 22.5. The lowest BCUT2D eigenvalue weighted by Gasteiger charge is -2.32. The standard InChI is InChI=1S/C23H46N4O6/c1-21(2,3)31-18(28)25(11)14-15-27(20(30)33-23(7,8)9)17-16-26(13-12-24-10)19(29)32-22(4,5)6/h24H,12-17H2,1-11H3. The van der Waals surface area contributed by atoms with Gasteiger partial charge < -0.3 is 34.2 Å². The van der Waals surface area contributed by atoms with Gasteiger partial charge in [-0.15, -0.1) is 0 Å². The zero-order valence-corrected chi connectivity index (χ0v) is 22.5. The summed E-state index contributed by atoms with van der Waals surface area (Å²) in [5.74, 6) is 0. The highest BCUT2D eigenvalue weighted by Gasteiger charge is 2.27. The maximum Gasteiger partial charge on any atom is 0.410 e. The molecule has 10 heteroatoms. The minimum atomic E-state index is -0.677. The van der Waals surface area contributed by atoms with Crippen LogP contribution in [0.3, 0.4) is 0 Å². The highest BCUT2D eigenvalue weighted by Crippen LogP contribution is 2.13. The number of amides is 3. The molecule has 3 amide bonds. The van der Waals surface area contributed by atoms with Crippen molar-refractivity contribution in [3.05, 3.63) is 0 Å². The molecule has 1 N–H and O–H groups in total. The Morgan fingerprint density at radius 2 is 0.939 bits per heavy atom. The molecular formula is C23H46N4O6. The predicted octanol–water partition coefficient (Wildman–Crippen LogP) is 3.55. The van der Waals surface area contributed by atoms with Gasteiger partial charge in [0.25, 0.3) is 0 Å². The first-order valence-corrected chi connectivity index (χ1v) is 11.4. The van der Waals surface area contributed by atoms with Gasteiger partial charge >= 0.3 is 18.3 Å². The molecule has 0 heterocycles. The average molecular weight is 475 g/mol. The van der Waals surface area contributed by atoms with Crippen LogP contribution in [-0.4, -0.2) is 103 Å². The fourth-order valence-electron chi connectivity index (χ4n) is 2.43. The molecule has 0 bridgehead atoms. The monoisotopic (exact) mass is 474 g/mol. The molecule has 0 fully saturated rings. The molecule has 33 heavy (non-hydrogen) atoms. The molecular weight excluding hydrogens is 428 g/mol. The summed E-state index contributed by atoms with van der Waals surface area (Å²) in [6.45, 7) is 18.1. The number of carbonyl (C=O) groups excluding carboxylic acids is 3. The van der Waals surface area contributed by atoms with Gasteiger partial charge in [0.05, 0.1) is 0 Å². The second-order valence-corrected chi connectivity index (χ2v) is 10.9. The molecule has 0 aromatic heterocycles. The van der Waals surface area contributed by atoms with E-state index in [1.54, 1.807) is 81.3 Å². The molecule has 0 unspecified atom stereocenters. The van der Waals surface area contributed by atoms with Crippen molar-refractivity contribution in [2.75, 3.05) is 53.4 Å². The van der Waals surface area contributed by atoms with Crippen LogP contribution >= 0.6 is 0 Å². The summed E-state index contributed by atoms with van der Waals surface area (Å²) in [7, 11) is 3.41. The van der Waals surface area contributed by atoms with E-state index in [0.717, 1.165) is 0 Å². The fraction of sp³-hybridized carbons (Fsp3) is 0.870. The molecule has 0 rings (SSSR count). The Bertz CT molecular complexity index is 634. The third kappa shape index (κ3) is 15.3. The average Bonchev–Trinajstić information content (AvgIpc) is 2.59. The van der Waals surface area contributed by atoms with E-state index >= 15 is 0 Å². The Morgan fingerprint density at radius 1 is 0.606 bits per heavy atom. The number of hydrogen-bond acceptors (Lipinski definition) is 7. The molecule has 0 aromatic rings. The van der Waals surface area contributed by atoms with Crippen LogP contribution in [0.25, 0.3) is 0 Å². The zero-order chi connectivity index (χ0) is 26.0. The van der Waals surface area contributed by atoms with Gasteiger partial charge in [-0.2, -0.15) is 0 Å². The van der Waals surface area contributed by atoms with Crippen LogP contribution in [-0.2, 0) is 14.2 Å². The number of nitrogens with zero attached hydrogens (tertiary/aromatic N) is 3. The number of carbonyl (C=O) groups is 3. The quantitative estimate of drug-likeness (QED) is 0.510. The number of ether oxygens (including phenoxy) is 3. The van der Waals surface area contributed by atoms with Crippen molar-refractivity contribution in [3.8, 4) is 0 Å². The highest BCUT2D eigenvalue weighted by atomic mass is 16.6. The summed E-state index contributed by atoms with van der Waals surface area (Å²) in [6, 6.07) is 0. The maximum atomic E-state index is 12.8. The van der Waals surface area contributed by atoms with Crippen LogP contribution in [0.15, 0.2) is 0 Å². The second kappa shape index (κ2) is 12.9. The van der Waals surface area contributed by atoms with E-state index in [2.05, 4.69) is 5.32 Å². The van der Waals surface area contributed by atoms with Crippen molar-refractivity contribution in [2.24, 2.45) is 0 Å². The largest absolute Gasteiger partial charge is 0.444 e. The molecule has 0 radical (unpaired) electrons. The Labute approximate surface area is 199 Å². The Morgan fingerprint density at radius 3 is 1.30 bits per heavy atom. The lowest BCUT2D eigenvalue weighted by molar-refractivity contribution is 0.0102. The fourth-order valence-corrected chi connectivity index (χ4v) is 2.43. The Hall–Kier alpha value is -2.23. The molecule has 0 aliphatic heterocycles. The summed E-state index contributed by atoms with van der Waals surface area (Å²) in [5.41, 5.74) is -1.92. The van der Waals surface area contributed by atoms with Gasteiger partial charge in [-0.1, -0.05) is 0 Å². The maximum absolute atomic E-state index is 12.8. The number of nitrogens with one attached hydrogen (secondary N) is 1. The van der Waals surface area contributed by atoms with Gasteiger partial charge in [0.2, 0.25) is 0 Å². The van der Waals surface area contributed by atoms with Crippen LogP contribution < -0.4 is 5.32 Å². The molecule has 0 atom stereocenters. The van der Waals surface area contributed by atoms with E-state index in [1.807, 2.05) is 0 Å². The molecule has 0 aliphatic rings. The smallest absolute Gasteiger partial charge is 0.410 e. The lowest BCUT2D eigenvalue weighted by atomic mass is 10.2. The van der Waals surface area contributed by atoms with E-state index in [9.17, 15) is 14.4 Å². The van der Waals surface area contributed by atoms with Crippen molar-refractivity contribution in [1.82, 2.24) is 20.0 Å².